The van der Waals surface area contributed by atoms with E-state index < -0.39 is 12.2 Å². The molecule has 3 fully saturated rings. The fourth-order valence-corrected chi connectivity index (χ4v) is 7.82. The van der Waals surface area contributed by atoms with Gasteiger partial charge in [0.25, 0.3) is 5.91 Å². The first kappa shape index (κ1) is 33.1. The first-order valence-corrected chi connectivity index (χ1v) is 17.3. The van der Waals surface area contributed by atoms with Gasteiger partial charge in [-0.15, -0.1) is 0 Å². The molecule has 2 atom stereocenters. The Kier molecular flexibility index (Phi) is 10.2. The number of amides is 4. The Morgan fingerprint density at radius 2 is 1.57 bits per heavy atom. The van der Waals surface area contributed by atoms with Crippen LogP contribution in [0.1, 0.15) is 60.8 Å². The maximum Gasteiger partial charge on any atom is 0.410 e. The highest BCUT2D eigenvalue weighted by Crippen LogP contribution is 2.28. The summed E-state index contributed by atoms with van der Waals surface area (Å²) in [4.78, 5) is 48.4. The summed E-state index contributed by atoms with van der Waals surface area (Å²) in [5.41, 5.74) is 4.22. The van der Waals surface area contributed by atoms with E-state index >= 15 is 0 Å². The van der Waals surface area contributed by atoms with Crippen molar-refractivity contribution in [3.05, 3.63) is 58.7 Å². The van der Waals surface area contributed by atoms with Gasteiger partial charge in [-0.2, -0.15) is 0 Å². The number of aromatic hydroxyl groups is 1. The third kappa shape index (κ3) is 7.67. The van der Waals surface area contributed by atoms with Crippen LogP contribution in [0.2, 0.25) is 0 Å². The summed E-state index contributed by atoms with van der Waals surface area (Å²) in [7, 11) is 0. The van der Waals surface area contributed by atoms with Crippen LogP contribution >= 0.6 is 0 Å². The van der Waals surface area contributed by atoms with Gasteiger partial charge in [0, 0.05) is 63.5 Å². The molecule has 3 saturated heterocycles. The lowest BCUT2D eigenvalue weighted by Crippen LogP contribution is -2.53. The average molecular weight is 648 g/mol. The standard InChI is InChI=1S/C36H49N5O6/c1-24-20-26(21-25(2)33(24)43)22-32(34(44)38-15-10-28(11-16-38)40-14-5-7-30(42)23-40)47-36(46)39-17-12-29(13-18-39)41-19-9-27-6-3-4-8-31(27)37-35(41)45/h3-4,6,8,20-21,28-30,32,42-43H,5,7,9-19,22-23H2,1-2H3,(H,37,45)/t30-,32+/m0/s1. The van der Waals surface area contributed by atoms with Gasteiger partial charge in [0.1, 0.15) is 5.75 Å². The number of anilines is 1. The molecule has 47 heavy (non-hydrogen) atoms. The number of likely N-dealkylation sites (tertiary alicyclic amines) is 3. The largest absolute Gasteiger partial charge is 0.507 e. The summed E-state index contributed by atoms with van der Waals surface area (Å²) < 4.78 is 6.04. The lowest BCUT2D eigenvalue weighted by molar-refractivity contribution is -0.142. The van der Waals surface area contributed by atoms with Gasteiger partial charge in [-0.1, -0.05) is 30.3 Å². The Labute approximate surface area is 277 Å². The second-order valence-electron chi connectivity index (χ2n) is 13.8. The van der Waals surface area contributed by atoms with Crippen molar-refractivity contribution in [2.24, 2.45) is 0 Å². The quantitative estimate of drug-likeness (QED) is 0.432. The van der Waals surface area contributed by atoms with Gasteiger partial charge < -0.3 is 35.0 Å². The zero-order chi connectivity index (χ0) is 33.1. The molecule has 11 heteroatoms. The number of ether oxygens (including phenoxy) is 1. The molecule has 0 unspecified atom stereocenters. The highest BCUT2D eigenvalue weighted by molar-refractivity contribution is 5.91. The number of rotatable bonds is 6. The lowest BCUT2D eigenvalue weighted by Gasteiger charge is -2.42. The number of nitrogens with one attached hydrogen (secondary N) is 1. The lowest BCUT2D eigenvalue weighted by atomic mass is 9.97. The maximum absolute atomic E-state index is 14.0. The number of carbonyl (C=O) groups excluding carboxylic acids is 3. The fraction of sp³-hybridized carbons (Fsp3) is 0.583. The van der Waals surface area contributed by atoms with Crippen molar-refractivity contribution in [2.75, 3.05) is 51.1 Å². The summed E-state index contributed by atoms with van der Waals surface area (Å²) >= 11 is 0. The third-order valence-corrected chi connectivity index (χ3v) is 10.5. The summed E-state index contributed by atoms with van der Waals surface area (Å²) in [5.74, 6) is 0.0258. The van der Waals surface area contributed by atoms with E-state index in [0.717, 1.165) is 55.5 Å². The number of piperidine rings is 3. The molecule has 4 heterocycles. The van der Waals surface area contributed by atoms with Crippen LogP contribution in [0.15, 0.2) is 36.4 Å². The van der Waals surface area contributed by atoms with Crippen molar-refractivity contribution in [2.45, 2.75) is 89.5 Å². The van der Waals surface area contributed by atoms with Gasteiger partial charge in [0.2, 0.25) is 0 Å². The third-order valence-electron chi connectivity index (χ3n) is 10.5. The number of phenols is 1. The monoisotopic (exact) mass is 647 g/mol. The van der Waals surface area contributed by atoms with Crippen LogP contribution in [0, 0.1) is 13.8 Å². The first-order chi connectivity index (χ1) is 22.7. The smallest absolute Gasteiger partial charge is 0.410 e. The average Bonchev–Trinajstić information content (AvgIpc) is 3.24. The number of carbonyl (C=O) groups is 3. The molecular weight excluding hydrogens is 598 g/mol. The Hall–Kier alpha value is -3.83. The van der Waals surface area contributed by atoms with Crippen molar-refractivity contribution < 1.29 is 29.3 Å². The van der Waals surface area contributed by atoms with Crippen LogP contribution in [0.5, 0.6) is 5.75 Å². The normalized spacial score (nSPS) is 22.3. The number of benzene rings is 2. The highest BCUT2D eigenvalue weighted by atomic mass is 16.6. The van der Waals surface area contributed by atoms with E-state index in [2.05, 4.69) is 10.2 Å². The van der Waals surface area contributed by atoms with Crippen molar-refractivity contribution in [1.82, 2.24) is 19.6 Å². The van der Waals surface area contributed by atoms with Crippen molar-refractivity contribution in [3.63, 3.8) is 0 Å². The number of aryl methyl sites for hydroxylation is 2. The van der Waals surface area contributed by atoms with Crippen LogP contribution in [0.25, 0.3) is 0 Å². The van der Waals surface area contributed by atoms with Crippen LogP contribution in [-0.4, -0.2) is 118 Å². The Morgan fingerprint density at radius 3 is 2.28 bits per heavy atom. The molecule has 0 bridgehead atoms. The topological polar surface area (TPSA) is 126 Å². The van der Waals surface area contributed by atoms with Crippen LogP contribution in [0.4, 0.5) is 15.3 Å². The number of hydrogen-bond acceptors (Lipinski definition) is 7. The van der Waals surface area contributed by atoms with E-state index in [-0.39, 0.29) is 36.3 Å². The van der Waals surface area contributed by atoms with E-state index in [9.17, 15) is 24.6 Å². The number of phenolic OH excluding ortho intramolecular Hbond substituents is 1. The van der Waals surface area contributed by atoms with E-state index in [1.54, 1.807) is 4.90 Å². The molecule has 2 aromatic rings. The number of nitrogens with zero attached hydrogens (tertiary/aromatic N) is 4. The summed E-state index contributed by atoms with van der Waals surface area (Å²) in [6.45, 7) is 7.95. The van der Waals surface area contributed by atoms with Gasteiger partial charge >= 0.3 is 12.1 Å². The first-order valence-electron chi connectivity index (χ1n) is 17.3. The Balaban J connectivity index is 1.09. The Bertz CT molecular complexity index is 1430. The van der Waals surface area contributed by atoms with Crippen molar-refractivity contribution in [1.29, 1.82) is 0 Å². The number of β-amino-alcohol motifs (C(OH)–C–C–N with tert-alkyl or cyclic N) is 1. The second kappa shape index (κ2) is 14.5. The minimum Gasteiger partial charge on any atom is -0.507 e. The van der Waals surface area contributed by atoms with Gasteiger partial charge in [-0.3, -0.25) is 9.69 Å². The molecular formula is C36H49N5O6. The second-order valence-corrected chi connectivity index (χ2v) is 13.8. The predicted octanol–water partition coefficient (Wildman–Crippen LogP) is 4.06. The summed E-state index contributed by atoms with van der Waals surface area (Å²) in [6.07, 6.45) is 3.93. The molecule has 0 radical (unpaired) electrons. The number of aliphatic hydroxyl groups excluding tert-OH is 1. The number of urea groups is 1. The van der Waals surface area contributed by atoms with E-state index in [4.69, 9.17) is 4.74 Å². The molecule has 0 aliphatic carbocycles. The molecule has 2 aromatic carbocycles. The Morgan fingerprint density at radius 1 is 0.915 bits per heavy atom. The minimum atomic E-state index is -0.994. The van der Waals surface area contributed by atoms with Crippen LogP contribution < -0.4 is 5.32 Å². The molecule has 11 nitrogen and oxygen atoms in total. The predicted molar refractivity (Wildman–Crippen MR) is 178 cm³/mol. The van der Waals surface area contributed by atoms with Gasteiger partial charge in [-0.25, -0.2) is 9.59 Å². The summed E-state index contributed by atoms with van der Waals surface area (Å²) in [6, 6.07) is 11.8. The summed E-state index contributed by atoms with van der Waals surface area (Å²) in [5, 5.41) is 23.5. The zero-order valence-electron chi connectivity index (χ0n) is 27.7. The molecule has 6 rings (SSSR count). The fourth-order valence-electron chi connectivity index (χ4n) is 7.82. The molecule has 4 aliphatic rings. The molecule has 3 N–H and O–H groups in total. The number of para-hydroxylation sites is 1. The van der Waals surface area contributed by atoms with Crippen molar-refractivity contribution in [3.8, 4) is 5.75 Å². The number of fused-ring (bicyclic) bond motifs is 1. The van der Waals surface area contributed by atoms with Crippen LogP contribution in [0.3, 0.4) is 0 Å². The van der Waals surface area contributed by atoms with Gasteiger partial charge in [0.15, 0.2) is 6.10 Å². The number of hydrogen-bond donors (Lipinski definition) is 3. The molecule has 254 valence electrons. The van der Waals surface area contributed by atoms with Crippen molar-refractivity contribution >= 4 is 23.7 Å². The van der Waals surface area contributed by atoms with E-state index in [1.165, 1.54) is 0 Å². The minimum absolute atomic E-state index is 0.0102. The molecule has 4 amide bonds. The van der Waals surface area contributed by atoms with E-state index in [1.807, 2.05) is 60.0 Å². The van der Waals surface area contributed by atoms with E-state index in [0.29, 0.717) is 69.3 Å². The maximum atomic E-state index is 14.0. The van der Waals surface area contributed by atoms with Crippen LogP contribution in [-0.2, 0) is 22.4 Å². The zero-order valence-corrected chi connectivity index (χ0v) is 27.7. The highest BCUT2D eigenvalue weighted by Gasteiger charge is 2.36. The molecule has 4 aliphatic heterocycles. The SMILES string of the molecule is Cc1cc(C[C@@H](OC(=O)N2CCC(N3CCc4ccccc4NC3=O)CC2)C(=O)N2CCC(N3CCC[C@H](O)C3)CC2)cc(C)c1O. The van der Waals surface area contributed by atoms with Gasteiger partial charge in [0.05, 0.1) is 6.10 Å². The van der Waals surface area contributed by atoms with Gasteiger partial charge in [-0.05, 0) is 93.7 Å². The molecule has 0 spiro atoms. The number of aliphatic hydroxyl groups is 1. The molecule has 0 saturated carbocycles. The molecule has 0 aromatic heterocycles.